The molecule has 1 fully saturated rings. The van der Waals surface area contributed by atoms with Gasteiger partial charge >= 0.3 is 6.09 Å². The Morgan fingerprint density at radius 1 is 1.25 bits per heavy atom. The summed E-state index contributed by atoms with van der Waals surface area (Å²) < 4.78 is 24.2. The fraction of sp³-hybridized carbons (Fsp3) is 0.333. The Morgan fingerprint density at radius 3 is 2.79 bits per heavy atom. The second-order valence-electron chi connectivity index (χ2n) is 7.00. The van der Waals surface area contributed by atoms with Crippen LogP contribution in [0.1, 0.15) is 17.5 Å². The predicted octanol–water partition coefficient (Wildman–Crippen LogP) is 3.13. The maximum absolute atomic E-state index is 13.8. The maximum atomic E-state index is 13.8. The number of nitrogens with zero attached hydrogens (tertiary/aromatic N) is 2. The van der Waals surface area contributed by atoms with Crippen molar-refractivity contribution in [1.29, 1.82) is 0 Å². The van der Waals surface area contributed by atoms with E-state index in [4.69, 9.17) is 9.47 Å². The van der Waals surface area contributed by atoms with Gasteiger partial charge in [-0.15, -0.1) is 0 Å². The number of hydrogen-bond donors (Lipinski definition) is 0. The molecular weight excluding hydrogens is 363 g/mol. The number of hydrogen-bond acceptors (Lipinski definition) is 4. The SMILES string of the molecule is COc1ccc(CC(=O)N2CC[C@H]3COC(=O)N3c3cc(F)ccc3C2)cc1. The van der Waals surface area contributed by atoms with Crippen molar-refractivity contribution < 1.29 is 23.5 Å². The van der Waals surface area contributed by atoms with Gasteiger partial charge in [0, 0.05) is 13.1 Å². The molecule has 1 atom stereocenters. The number of benzene rings is 2. The predicted molar refractivity (Wildman–Crippen MR) is 101 cm³/mol. The number of ether oxygens (including phenoxy) is 2. The van der Waals surface area contributed by atoms with Crippen molar-refractivity contribution in [3.8, 4) is 5.75 Å². The third-order valence-electron chi connectivity index (χ3n) is 5.23. The lowest BCUT2D eigenvalue weighted by Crippen LogP contribution is -2.42. The van der Waals surface area contributed by atoms with Gasteiger partial charge in [-0.2, -0.15) is 0 Å². The first-order chi connectivity index (χ1) is 13.5. The zero-order chi connectivity index (χ0) is 19.7. The van der Waals surface area contributed by atoms with E-state index in [-0.39, 0.29) is 25.0 Å². The number of methoxy groups -OCH3 is 1. The quantitative estimate of drug-likeness (QED) is 0.816. The third kappa shape index (κ3) is 3.52. The van der Waals surface area contributed by atoms with Gasteiger partial charge < -0.3 is 14.4 Å². The van der Waals surface area contributed by atoms with Gasteiger partial charge in [-0.25, -0.2) is 9.18 Å². The molecule has 28 heavy (non-hydrogen) atoms. The van der Waals surface area contributed by atoms with E-state index in [1.54, 1.807) is 18.1 Å². The van der Waals surface area contributed by atoms with Crippen LogP contribution in [0.2, 0.25) is 0 Å². The van der Waals surface area contributed by atoms with Crippen LogP contribution in [0.15, 0.2) is 42.5 Å². The van der Waals surface area contributed by atoms with Gasteiger partial charge in [0.25, 0.3) is 0 Å². The summed E-state index contributed by atoms with van der Waals surface area (Å²) in [5, 5.41) is 0. The number of carbonyl (C=O) groups is 2. The number of halogens is 1. The minimum atomic E-state index is -0.463. The Balaban J connectivity index is 1.58. The molecule has 0 unspecified atom stereocenters. The van der Waals surface area contributed by atoms with Crippen molar-refractivity contribution in [1.82, 2.24) is 4.90 Å². The van der Waals surface area contributed by atoms with E-state index < -0.39 is 11.9 Å². The van der Waals surface area contributed by atoms with E-state index in [0.717, 1.165) is 16.9 Å². The van der Waals surface area contributed by atoms with Crippen molar-refractivity contribution in [2.75, 3.05) is 25.2 Å². The van der Waals surface area contributed by atoms with Crippen LogP contribution < -0.4 is 9.64 Å². The van der Waals surface area contributed by atoms with Crippen molar-refractivity contribution in [3.63, 3.8) is 0 Å². The van der Waals surface area contributed by atoms with Crippen LogP contribution in [0.3, 0.4) is 0 Å². The molecule has 146 valence electrons. The minimum absolute atomic E-state index is 0.0147. The molecule has 2 aromatic carbocycles. The molecule has 6 nitrogen and oxygen atoms in total. The summed E-state index contributed by atoms with van der Waals surface area (Å²) in [4.78, 5) is 28.4. The monoisotopic (exact) mass is 384 g/mol. The number of cyclic esters (lactones) is 1. The van der Waals surface area contributed by atoms with Gasteiger partial charge in [0.15, 0.2) is 0 Å². The Kier molecular flexibility index (Phi) is 4.90. The van der Waals surface area contributed by atoms with Crippen molar-refractivity contribution in [3.05, 3.63) is 59.4 Å². The van der Waals surface area contributed by atoms with Gasteiger partial charge in [-0.3, -0.25) is 9.69 Å². The molecule has 0 spiro atoms. The van der Waals surface area contributed by atoms with E-state index >= 15 is 0 Å². The van der Waals surface area contributed by atoms with Crippen molar-refractivity contribution in [2.24, 2.45) is 0 Å². The molecule has 1 saturated heterocycles. The van der Waals surface area contributed by atoms with Crippen LogP contribution in [0, 0.1) is 5.82 Å². The molecule has 0 saturated carbocycles. The highest BCUT2D eigenvalue weighted by molar-refractivity contribution is 5.91. The highest BCUT2D eigenvalue weighted by atomic mass is 19.1. The molecule has 0 aliphatic carbocycles. The molecule has 0 aromatic heterocycles. The summed E-state index contributed by atoms with van der Waals surface area (Å²) >= 11 is 0. The Hall–Kier alpha value is -3.09. The van der Waals surface area contributed by atoms with Gasteiger partial charge in [0.2, 0.25) is 5.91 Å². The smallest absolute Gasteiger partial charge is 0.414 e. The van der Waals surface area contributed by atoms with E-state index in [1.807, 2.05) is 24.3 Å². The van der Waals surface area contributed by atoms with Crippen LogP contribution in [-0.4, -0.2) is 43.2 Å². The fourth-order valence-electron chi connectivity index (χ4n) is 3.70. The average Bonchev–Trinajstić information content (AvgIpc) is 3.04. The summed E-state index contributed by atoms with van der Waals surface area (Å²) in [7, 11) is 1.60. The number of anilines is 1. The highest BCUT2D eigenvalue weighted by Crippen LogP contribution is 2.32. The second-order valence-corrected chi connectivity index (χ2v) is 7.00. The van der Waals surface area contributed by atoms with E-state index in [0.29, 0.717) is 25.2 Å². The number of rotatable bonds is 3. The summed E-state index contributed by atoms with van der Waals surface area (Å²) in [6, 6.07) is 11.5. The molecule has 2 heterocycles. The van der Waals surface area contributed by atoms with Gasteiger partial charge in [0.05, 0.1) is 25.3 Å². The molecule has 2 aliphatic rings. The molecule has 0 bridgehead atoms. The minimum Gasteiger partial charge on any atom is -0.497 e. The first-order valence-corrected chi connectivity index (χ1v) is 9.20. The summed E-state index contributed by atoms with van der Waals surface area (Å²) in [6.07, 6.45) is 0.385. The first-order valence-electron chi connectivity index (χ1n) is 9.20. The van der Waals surface area contributed by atoms with E-state index in [2.05, 4.69) is 0 Å². The Morgan fingerprint density at radius 2 is 2.04 bits per heavy atom. The normalized spacial score (nSPS) is 18.6. The molecule has 0 N–H and O–H groups in total. The zero-order valence-corrected chi connectivity index (χ0v) is 15.6. The fourth-order valence-corrected chi connectivity index (χ4v) is 3.70. The Bertz CT molecular complexity index is 900. The standard InChI is InChI=1S/C21H21FN2O4/c1-27-18-6-2-14(3-7-18)10-20(25)23-9-8-17-13-28-21(26)24(17)19-11-16(22)5-4-15(19)12-23/h2-7,11,17H,8-10,12-13H2,1H3/t17-/m0/s1. The summed E-state index contributed by atoms with van der Waals surface area (Å²) in [5.41, 5.74) is 2.11. The maximum Gasteiger partial charge on any atom is 0.414 e. The van der Waals surface area contributed by atoms with Gasteiger partial charge in [-0.1, -0.05) is 18.2 Å². The summed E-state index contributed by atoms with van der Waals surface area (Å²) in [6.45, 7) is 1.07. The van der Waals surface area contributed by atoms with Crippen LogP contribution in [0.4, 0.5) is 14.9 Å². The molecular formula is C21H21FN2O4. The Labute approximate surface area is 162 Å². The molecule has 2 aromatic rings. The lowest BCUT2D eigenvalue weighted by Gasteiger charge is -2.32. The van der Waals surface area contributed by atoms with Crippen LogP contribution in [-0.2, 0) is 22.5 Å². The molecule has 2 aliphatic heterocycles. The number of carbonyl (C=O) groups excluding carboxylic acids is 2. The average molecular weight is 384 g/mol. The first kappa shape index (κ1) is 18.3. The highest BCUT2D eigenvalue weighted by Gasteiger charge is 2.37. The third-order valence-corrected chi connectivity index (χ3v) is 5.23. The van der Waals surface area contributed by atoms with E-state index in [1.165, 1.54) is 17.0 Å². The van der Waals surface area contributed by atoms with Gasteiger partial charge in [0.1, 0.15) is 18.2 Å². The van der Waals surface area contributed by atoms with Crippen LogP contribution >= 0.6 is 0 Å². The van der Waals surface area contributed by atoms with Gasteiger partial charge in [-0.05, 0) is 41.8 Å². The molecule has 2 amide bonds. The van der Waals surface area contributed by atoms with Crippen LogP contribution in [0.25, 0.3) is 0 Å². The van der Waals surface area contributed by atoms with Crippen molar-refractivity contribution >= 4 is 17.7 Å². The largest absolute Gasteiger partial charge is 0.497 e. The van der Waals surface area contributed by atoms with Crippen molar-refractivity contribution in [2.45, 2.75) is 25.4 Å². The van der Waals surface area contributed by atoms with E-state index in [9.17, 15) is 14.0 Å². The second kappa shape index (κ2) is 7.50. The molecule has 7 heteroatoms. The topological polar surface area (TPSA) is 59.1 Å². The number of amides is 2. The lowest BCUT2D eigenvalue weighted by molar-refractivity contribution is -0.131. The van der Waals surface area contributed by atoms with Crippen LogP contribution in [0.5, 0.6) is 5.75 Å². The molecule has 4 rings (SSSR count). The zero-order valence-electron chi connectivity index (χ0n) is 15.6. The molecule has 0 radical (unpaired) electrons. The summed E-state index contributed by atoms with van der Waals surface area (Å²) in [5.74, 6) is 0.303. The number of fused-ring (bicyclic) bond motifs is 3. The lowest BCUT2D eigenvalue weighted by atomic mass is 10.0.